The lowest BCUT2D eigenvalue weighted by molar-refractivity contribution is 0.414. The third kappa shape index (κ3) is 3.86. The molecule has 0 radical (unpaired) electrons. The van der Waals surface area contributed by atoms with E-state index in [1.54, 1.807) is 19.2 Å². The molecule has 23 heavy (non-hydrogen) atoms. The Morgan fingerprint density at radius 3 is 2.22 bits per heavy atom. The highest BCUT2D eigenvalue weighted by atomic mass is 35.5. The third-order valence-electron chi connectivity index (χ3n) is 3.97. The summed E-state index contributed by atoms with van der Waals surface area (Å²) in [5.41, 5.74) is 0.950. The molecular weight excluding hydrogens is 334 g/mol. The molecule has 1 N–H and O–H groups in total. The van der Waals surface area contributed by atoms with Crippen molar-refractivity contribution in [3.8, 4) is 5.75 Å². The number of ether oxygens (including phenoxy) is 1. The number of halogens is 1. The maximum absolute atomic E-state index is 12.6. The quantitative estimate of drug-likeness (QED) is 0.861. The summed E-state index contributed by atoms with van der Waals surface area (Å²) in [6, 6.07) is 13.5. The van der Waals surface area contributed by atoms with Gasteiger partial charge in [-0.05, 0) is 60.7 Å². The van der Waals surface area contributed by atoms with Crippen LogP contribution in [0, 0.1) is 5.92 Å². The molecule has 1 aliphatic carbocycles. The minimum Gasteiger partial charge on any atom is -0.497 e. The zero-order valence-electron chi connectivity index (χ0n) is 12.7. The Morgan fingerprint density at radius 1 is 1.09 bits per heavy atom. The van der Waals surface area contributed by atoms with Gasteiger partial charge in [-0.1, -0.05) is 23.7 Å². The number of rotatable bonds is 6. The van der Waals surface area contributed by atoms with E-state index in [0.717, 1.165) is 24.2 Å². The average Bonchev–Trinajstić information content (AvgIpc) is 3.38. The van der Waals surface area contributed by atoms with E-state index in [-0.39, 0.29) is 10.9 Å². The highest BCUT2D eigenvalue weighted by molar-refractivity contribution is 7.89. The summed E-state index contributed by atoms with van der Waals surface area (Å²) in [4.78, 5) is 0.223. The molecule has 2 aromatic carbocycles. The molecule has 0 aliphatic heterocycles. The SMILES string of the molecule is COc1ccc(C(NS(=O)(=O)c2ccc(Cl)cc2)C2CC2)cc1. The largest absolute Gasteiger partial charge is 0.497 e. The first-order valence-electron chi connectivity index (χ1n) is 7.41. The number of hydrogen-bond acceptors (Lipinski definition) is 3. The molecule has 6 heteroatoms. The van der Waals surface area contributed by atoms with Gasteiger partial charge in [0.15, 0.2) is 0 Å². The van der Waals surface area contributed by atoms with Crippen molar-refractivity contribution in [2.75, 3.05) is 7.11 Å². The van der Waals surface area contributed by atoms with Crippen molar-refractivity contribution in [3.63, 3.8) is 0 Å². The fourth-order valence-corrected chi connectivity index (χ4v) is 3.95. The van der Waals surface area contributed by atoms with Crippen LogP contribution >= 0.6 is 11.6 Å². The molecule has 1 fully saturated rings. The molecule has 4 nitrogen and oxygen atoms in total. The molecule has 3 rings (SSSR count). The standard InChI is InChI=1S/C17H18ClNO3S/c1-22-15-8-4-13(5-9-15)17(12-2-3-12)19-23(20,21)16-10-6-14(18)7-11-16/h4-12,17,19H,2-3H2,1H3. The summed E-state index contributed by atoms with van der Waals surface area (Å²) in [6.07, 6.45) is 2.06. The normalized spacial score (nSPS) is 16.1. The Hall–Kier alpha value is -1.56. The van der Waals surface area contributed by atoms with Crippen LogP contribution in [-0.4, -0.2) is 15.5 Å². The van der Waals surface area contributed by atoms with Gasteiger partial charge in [-0.3, -0.25) is 0 Å². The molecule has 122 valence electrons. The van der Waals surface area contributed by atoms with E-state index >= 15 is 0 Å². The molecule has 0 bridgehead atoms. The van der Waals surface area contributed by atoms with Crippen LogP contribution in [0.3, 0.4) is 0 Å². The predicted octanol–water partition coefficient (Wildman–Crippen LogP) is 3.78. The Labute approximate surface area is 141 Å². The maximum Gasteiger partial charge on any atom is 0.241 e. The molecule has 1 unspecified atom stereocenters. The van der Waals surface area contributed by atoms with Gasteiger partial charge in [0.05, 0.1) is 12.0 Å². The van der Waals surface area contributed by atoms with E-state index in [1.807, 2.05) is 24.3 Å². The maximum atomic E-state index is 12.6. The Bertz CT molecular complexity index is 768. The van der Waals surface area contributed by atoms with Crippen LogP contribution in [-0.2, 0) is 10.0 Å². The van der Waals surface area contributed by atoms with Crippen molar-refractivity contribution in [2.45, 2.75) is 23.8 Å². The van der Waals surface area contributed by atoms with Crippen molar-refractivity contribution in [3.05, 3.63) is 59.1 Å². The summed E-state index contributed by atoms with van der Waals surface area (Å²) in [5.74, 6) is 1.09. The van der Waals surface area contributed by atoms with Gasteiger partial charge in [0.25, 0.3) is 0 Å². The topological polar surface area (TPSA) is 55.4 Å². The predicted molar refractivity (Wildman–Crippen MR) is 90.2 cm³/mol. The zero-order chi connectivity index (χ0) is 16.4. The van der Waals surface area contributed by atoms with Crippen LogP contribution in [0.5, 0.6) is 5.75 Å². The van der Waals surface area contributed by atoms with Crippen molar-refractivity contribution in [2.24, 2.45) is 5.92 Å². The van der Waals surface area contributed by atoms with Crippen LogP contribution in [0.2, 0.25) is 5.02 Å². The summed E-state index contributed by atoms with van der Waals surface area (Å²) >= 11 is 5.83. The van der Waals surface area contributed by atoms with Crippen molar-refractivity contribution >= 4 is 21.6 Å². The summed E-state index contributed by atoms with van der Waals surface area (Å²) < 4.78 is 33.2. The molecule has 2 aromatic rings. The first kappa shape index (κ1) is 16.3. The molecular formula is C17H18ClNO3S. The van der Waals surface area contributed by atoms with Crippen LogP contribution in [0.1, 0.15) is 24.4 Å². The number of benzene rings is 2. The molecule has 0 spiro atoms. The minimum atomic E-state index is -3.59. The number of methoxy groups -OCH3 is 1. The second kappa shape index (κ2) is 6.51. The molecule has 0 saturated heterocycles. The Morgan fingerprint density at radius 2 is 1.70 bits per heavy atom. The van der Waals surface area contributed by atoms with Crippen LogP contribution in [0.15, 0.2) is 53.4 Å². The summed E-state index contributed by atoms with van der Waals surface area (Å²) in [7, 11) is -1.98. The van der Waals surface area contributed by atoms with E-state index in [9.17, 15) is 8.42 Å². The lowest BCUT2D eigenvalue weighted by Crippen LogP contribution is -2.30. The van der Waals surface area contributed by atoms with Crippen molar-refractivity contribution in [1.82, 2.24) is 4.72 Å². The summed E-state index contributed by atoms with van der Waals surface area (Å²) in [6.45, 7) is 0. The first-order chi connectivity index (χ1) is 11.0. The van der Waals surface area contributed by atoms with Gasteiger partial charge in [0.1, 0.15) is 5.75 Å². The molecule has 1 atom stereocenters. The first-order valence-corrected chi connectivity index (χ1v) is 9.27. The van der Waals surface area contributed by atoms with Crippen LogP contribution in [0.25, 0.3) is 0 Å². The average molecular weight is 352 g/mol. The van der Waals surface area contributed by atoms with Gasteiger partial charge in [-0.25, -0.2) is 13.1 Å². The van der Waals surface area contributed by atoms with Crippen LogP contribution < -0.4 is 9.46 Å². The molecule has 0 heterocycles. The van der Waals surface area contributed by atoms with E-state index in [0.29, 0.717) is 10.9 Å². The van der Waals surface area contributed by atoms with Gasteiger partial charge in [0.2, 0.25) is 10.0 Å². The van der Waals surface area contributed by atoms with E-state index in [2.05, 4.69) is 4.72 Å². The fraction of sp³-hybridized carbons (Fsp3) is 0.294. The van der Waals surface area contributed by atoms with Gasteiger partial charge in [0, 0.05) is 11.1 Å². The Kier molecular flexibility index (Phi) is 4.62. The van der Waals surface area contributed by atoms with E-state index in [4.69, 9.17) is 16.3 Å². The molecule has 1 aliphatic rings. The van der Waals surface area contributed by atoms with Gasteiger partial charge in [-0.15, -0.1) is 0 Å². The van der Waals surface area contributed by atoms with Gasteiger partial charge >= 0.3 is 0 Å². The third-order valence-corrected chi connectivity index (χ3v) is 5.68. The van der Waals surface area contributed by atoms with Crippen LogP contribution in [0.4, 0.5) is 0 Å². The molecule has 0 aromatic heterocycles. The highest BCUT2D eigenvalue weighted by Crippen LogP contribution is 2.42. The molecule has 1 saturated carbocycles. The van der Waals surface area contributed by atoms with E-state index in [1.165, 1.54) is 12.1 Å². The van der Waals surface area contributed by atoms with Crippen molar-refractivity contribution < 1.29 is 13.2 Å². The summed E-state index contributed by atoms with van der Waals surface area (Å²) in [5, 5.41) is 0.512. The zero-order valence-corrected chi connectivity index (χ0v) is 14.3. The second-order valence-electron chi connectivity index (χ2n) is 5.66. The van der Waals surface area contributed by atoms with Crippen molar-refractivity contribution in [1.29, 1.82) is 0 Å². The molecule has 0 amide bonds. The van der Waals surface area contributed by atoms with Gasteiger partial charge < -0.3 is 4.74 Å². The monoisotopic (exact) mass is 351 g/mol. The number of nitrogens with one attached hydrogen (secondary N) is 1. The Balaban J connectivity index is 1.85. The lowest BCUT2D eigenvalue weighted by atomic mass is 10.0. The van der Waals surface area contributed by atoms with E-state index < -0.39 is 10.0 Å². The number of sulfonamides is 1. The highest BCUT2D eigenvalue weighted by Gasteiger charge is 2.35. The smallest absolute Gasteiger partial charge is 0.241 e. The second-order valence-corrected chi connectivity index (χ2v) is 7.81. The van der Waals surface area contributed by atoms with Gasteiger partial charge in [-0.2, -0.15) is 0 Å². The number of hydrogen-bond donors (Lipinski definition) is 1. The lowest BCUT2D eigenvalue weighted by Gasteiger charge is -2.19. The minimum absolute atomic E-state index is 0.221. The fourth-order valence-electron chi connectivity index (χ4n) is 2.53.